The van der Waals surface area contributed by atoms with Gasteiger partial charge in [0.1, 0.15) is 5.00 Å². The van der Waals surface area contributed by atoms with Crippen molar-refractivity contribution in [3.63, 3.8) is 0 Å². The van der Waals surface area contributed by atoms with Crippen LogP contribution in [-0.4, -0.2) is 22.0 Å². The average Bonchev–Trinajstić information content (AvgIpc) is 2.89. The van der Waals surface area contributed by atoms with Crippen LogP contribution < -0.4 is 10.6 Å². The third kappa shape index (κ3) is 3.51. The van der Waals surface area contributed by atoms with Gasteiger partial charge in [-0.2, -0.15) is 0 Å². The summed E-state index contributed by atoms with van der Waals surface area (Å²) < 4.78 is 3.72. The third-order valence-electron chi connectivity index (χ3n) is 2.58. The Morgan fingerprint density at radius 3 is 2.95 bits per heavy atom. The number of amides is 1. The van der Waals surface area contributed by atoms with E-state index in [1.807, 2.05) is 25.1 Å². The number of aromatic nitrogens is 2. The average molecular weight is 276 g/mol. The molecule has 5 nitrogen and oxygen atoms in total. The Hall–Kier alpha value is -1.95. The molecule has 1 heterocycles. The van der Waals surface area contributed by atoms with Gasteiger partial charge in [-0.15, -0.1) is 5.10 Å². The lowest BCUT2D eigenvalue weighted by atomic mass is 10.1. The predicted molar refractivity (Wildman–Crippen MR) is 77.8 cm³/mol. The van der Waals surface area contributed by atoms with Crippen LogP contribution in [0.25, 0.3) is 0 Å². The smallest absolute Gasteiger partial charge is 0.258 e. The minimum atomic E-state index is -0.148. The zero-order valence-corrected chi connectivity index (χ0v) is 11.8. The van der Waals surface area contributed by atoms with Crippen molar-refractivity contribution in [2.75, 3.05) is 17.2 Å². The Bertz CT molecular complexity index is 554. The van der Waals surface area contributed by atoms with E-state index < -0.39 is 0 Å². The molecule has 2 aromatic rings. The van der Waals surface area contributed by atoms with Crippen molar-refractivity contribution in [1.82, 2.24) is 9.59 Å². The fourth-order valence-electron chi connectivity index (χ4n) is 1.66. The van der Waals surface area contributed by atoms with Gasteiger partial charge in [0, 0.05) is 23.8 Å². The summed E-state index contributed by atoms with van der Waals surface area (Å²) in [5.41, 5.74) is 2.61. The Kier molecular flexibility index (Phi) is 4.46. The van der Waals surface area contributed by atoms with Gasteiger partial charge in [-0.25, -0.2) is 0 Å². The summed E-state index contributed by atoms with van der Waals surface area (Å²) in [4.78, 5) is 12.2. The van der Waals surface area contributed by atoms with Gasteiger partial charge in [0.2, 0.25) is 0 Å². The highest BCUT2D eigenvalue weighted by Crippen LogP contribution is 2.20. The maximum atomic E-state index is 12.2. The topological polar surface area (TPSA) is 66.9 Å². The SMILES string of the molecule is CCCNc1cc(C)ccc1C(=O)Nc1cnns1. The maximum Gasteiger partial charge on any atom is 0.258 e. The number of hydrogen-bond acceptors (Lipinski definition) is 5. The van der Waals surface area contributed by atoms with Crippen molar-refractivity contribution in [3.05, 3.63) is 35.5 Å². The monoisotopic (exact) mass is 276 g/mol. The third-order valence-corrected chi connectivity index (χ3v) is 3.16. The Labute approximate surface area is 116 Å². The van der Waals surface area contributed by atoms with Crippen molar-refractivity contribution < 1.29 is 4.79 Å². The van der Waals surface area contributed by atoms with E-state index in [-0.39, 0.29) is 5.91 Å². The van der Waals surface area contributed by atoms with Crippen molar-refractivity contribution >= 4 is 28.1 Å². The molecule has 0 saturated carbocycles. The summed E-state index contributed by atoms with van der Waals surface area (Å²) in [5.74, 6) is -0.148. The fourth-order valence-corrected chi connectivity index (χ4v) is 2.08. The van der Waals surface area contributed by atoms with Gasteiger partial charge in [0.15, 0.2) is 0 Å². The van der Waals surface area contributed by atoms with E-state index in [4.69, 9.17) is 0 Å². The van der Waals surface area contributed by atoms with Crippen LogP contribution in [0.4, 0.5) is 10.7 Å². The van der Waals surface area contributed by atoms with Crippen molar-refractivity contribution in [2.24, 2.45) is 0 Å². The molecule has 100 valence electrons. The fraction of sp³-hybridized carbons (Fsp3) is 0.308. The minimum absolute atomic E-state index is 0.148. The van der Waals surface area contributed by atoms with Crippen molar-refractivity contribution in [2.45, 2.75) is 20.3 Å². The number of nitrogens with zero attached hydrogens (tertiary/aromatic N) is 2. The second kappa shape index (κ2) is 6.29. The van der Waals surface area contributed by atoms with E-state index in [0.29, 0.717) is 10.6 Å². The van der Waals surface area contributed by atoms with Crippen LogP contribution in [0.2, 0.25) is 0 Å². The van der Waals surface area contributed by atoms with Gasteiger partial charge >= 0.3 is 0 Å². The molecule has 2 N–H and O–H groups in total. The van der Waals surface area contributed by atoms with E-state index in [0.717, 1.165) is 35.7 Å². The highest BCUT2D eigenvalue weighted by atomic mass is 32.1. The van der Waals surface area contributed by atoms with Crippen LogP contribution in [0, 0.1) is 6.92 Å². The minimum Gasteiger partial charge on any atom is -0.384 e. The van der Waals surface area contributed by atoms with Crippen LogP contribution in [0.15, 0.2) is 24.4 Å². The van der Waals surface area contributed by atoms with Gasteiger partial charge in [0.05, 0.1) is 11.8 Å². The second-order valence-corrected chi connectivity index (χ2v) is 5.00. The normalized spacial score (nSPS) is 10.2. The molecule has 6 heteroatoms. The summed E-state index contributed by atoms with van der Waals surface area (Å²) >= 11 is 1.16. The standard InChI is InChI=1S/C13H16N4OS/c1-3-6-14-11-7-9(2)4-5-10(11)13(18)16-12-8-15-17-19-12/h4-5,7-8,14H,3,6H2,1-2H3,(H,16,18). The zero-order chi connectivity index (χ0) is 13.7. The lowest BCUT2D eigenvalue weighted by Crippen LogP contribution is -2.14. The molecular formula is C13H16N4OS. The molecule has 0 atom stereocenters. The van der Waals surface area contributed by atoms with Crippen molar-refractivity contribution in [3.8, 4) is 0 Å². The highest BCUT2D eigenvalue weighted by Gasteiger charge is 2.12. The molecule has 1 aromatic carbocycles. The van der Waals surface area contributed by atoms with E-state index in [2.05, 4.69) is 27.1 Å². The lowest BCUT2D eigenvalue weighted by Gasteiger charge is -2.11. The molecule has 0 fully saturated rings. The van der Waals surface area contributed by atoms with Crippen LogP contribution in [0.3, 0.4) is 0 Å². The first-order valence-electron chi connectivity index (χ1n) is 6.14. The van der Waals surface area contributed by atoms with E-state index in [1.165, 1.54) is 6.20 Å². The van der Waals surface area contributed by atoms with E-state index in [9.17, 15) is 4.79 Å². The number of anilines is 2. The first-order chi connectivity index (χ1) is 9.20. The van der Waals surface area contributed by atoms with Gasteiger partial charge in [-0.1, -0.05) is 17.5 Å². The van der Waals surface area contributed by atoms with E-state index in [1.54, 1.807) is 0 Å². The number of nitrogens with one attached hydrogen (secondary N) is 2. The van der Waals surface area contributed by atoms with Gasteiger partial charge < -0.3 is 10.6 Å². The van der Waals surface area contributed by atoms with Gasteiger partial charge in [-0.05, 0) is 31.0 Å². The first kappa shape index (κ1) is 13.5. The van der Waals surface area contributed by atoms with Crippen LogP contribution in [0.1, 0.15) is 29.3 Å². The van der Waals surface area contributed by atoms with E-state index >= 15 is 0 Å². The molecule has 0 aliphatic heterocycles. The molecule has 0 unspecified atom stereocenters. The van der Waals surface area contributed by atoms with Crippen molar-refractivity contribution in [1.29, 1.82) is 0 Å². The molecule has 0 aliphatic rings. The number of benzene rings is 1. The maximum absolute atomic E-state index is 12.2. The molecule has 0 saturated heterocycles. The van der Waals surface area contributed by atoms with Gasteiger partial charge in [-0.3, -0.25) is 4.79 Å². The number of rotatable bonds is 5. The van der Waals surface area contributed by atoms with Crippen LogP contribution >= 0.6 is 11.5 Å². The molecule has 0 radical (unpaired) electrons. The Morgan fingerprint density at radius 2 is 2.26 bits per heavy atom. The summed E-state index contributed by atoms with van der Waals surface area (Å²) in [6.07, 6.45) is 2.55. The molecule has 0 spiro atoms. The number of carbonyl (C=O) groups excluding carboxylic acids is 1. The largest absolute Gasteiger partial charge is 0.384 e. The Morgan fingerprint density at radius 1 is 1.42 bits per heavy atom. The zero-order valence-electron chi connectivity index (χ0n) is 10.9. The molecule has 19 heavy (non-hydrogen) atoms. The van der Waals surface area contributed by atoms with Gasteiger partial charge in [0.25, 0.3) is 5.91 Å². The first-order valence-corrected chi connectivity index (χ1v) is 6.91. The Balaban J connectivity index is 2.20. The lowest BCUT2D eigenvalue weighted by molar-refractivity contribution is 0.102. The highest BCUT2D eigenvalue weighted by molar-refractivity contribution is 7.10. The number of aryl methyl sites for hydroxylation is 1. The van der Waals surface area contributed by atoms with Crippen LogP contribution in [-0.2, 0) is 0 Å². The second-order valence-electron chi connectivity index (χ2n) is 4.21. The molecule has 2 rings (SSSR count). The molecule has 0 aliphatic carbocycles. The molecule has 1 aromatic heterocycles. The summed E-state index contributed by atoms with van der Waals surface area (Å²) in [7, 11) is 0. The molecule has 1 amide bonds. The summed E-state index contributed by atoms with van der Waals surface area (Å²) in [6.45, 7) is 4.93. The predicted octanol–water partition coefficient (Wildman–Crippen LogP) is 2.92. The molecule has 0 bridgehead atoms. The number of carbonyl (C=O) groups is 1. The summed E-state index contributed by atoms with van der Waals surface area (Å²) in [5, 5.41) is 10.4. The number of hydrogen-bond donors (Lipinski definition) is 2. The molecular weight excluding hydrogens is 260 g/mol. The quantitative estimate of drug-likeness (QED) is 0.881. The van der Waals surface area contributed by atoms with Crippen LogP contribution in [0.5, 0.6) is 0 Å². The summed E-state index contributed by atoms with van der Waals surface area (Å²) in [6, 6.07) is 5.74.